The van der Waals surface area contributed by atoms with Crippen LogP contribution < -0.4 is 9.47 Å². The lowest BCUT2D eigenvalue weighted by molar-refractivity contribution is 0.101. The number of Topliss-reactive ketones (excluding diaryl/α,β-unsaturated/α-hetero) is 1. The van der Waals surface area contributed by atoms with Crippen LogP contribution in [0.15, 0.2) is 73.3 Å². The second-order valence-electron chi connectivity index (χ2n) is 6.52. The average molecular weight is 369 g/mol. The van der Waals surface area contributed by atoms with E-state index in [4.69, 9.17) is 9.47 Å². The zero-order chi connectivity index (χ0) is 19.5. The first-order chi connectivity index (χ1) is 13.7. The molecule has 1 aliphatic rings. The van der Waals surface area contributed by atoms with Gasteiger partial charge in [0.15, 0.2) is 5.76 Å². The van der Waals surface area contributed by atoms with Crippen LogP contribution in [-0.2, 0) is 6.61 Å². The third kappa shape index (κ3) is 3.45. The Kier molecular flexibility index (Phi) is 4.77. The third-order valence-electron chi connectivity index (χ3n) is 4.65. The molecule has 2 aromatic carbocycles. The van der Waals surface area contributed by atoms with Crippen LogP contribution in [0.2, 0.25) is 0 Å². The molecule has 1 aliphatic heterocycles. The van der Waals surface area contributed by atoms with Crippen LogP contribution in [0.4, 0.5) is 0 Å². The lowest BCUT2D eigenvalue weighted by atomic mass is 10.1. The summed E-state index contributed by atoms with van der Waals surface area (Å²) in [6.45, 7) is 6.09. The van der Waals surface area contributed by atoms with Gasteiger partial charge < -0.3 is 9.47 Å². The molecule has 0 fully saturated rings. The van der Waals surface area contributed by atoms with Gasteiger partial charge in [-0.1, -0.05) is 36.9 Å². The maximum absolute atomic E-state index is 12.6. The zero-order valence-corrected chi connectivity index (χ0v) is 15.5. The second-order valence-corrected chi connectivity index (χ2v) is 6.52. The maximum atomic E-state index is 12.6. The Balaban J connectivity index is 1.54. The number of carbonyl (C=O) groups is 1. The van der Waals surface area contributed by atoms with E-state index in [0.717, 1.165) is 22.3 Å². The predicted octanol–water partition coefficient (Wildman–Crippen LogP) is 5.23. The summed E-state index contributed by atoms with van der Waals surface area (Å²) in [7, 11) is 0. The van der Waals surface area contributed by atoms with Crippen molar-refractivity contribution in [2.45, 2.75) is 13.5 Å². The molecule has 4 heteroatoms. The number of hydrogen-bond acceptors (Lipinski definition) is 4. The first-order valence-corrected chi connectivity index (χ1v) is 8.98. The molecule has 138 valence electrons. The van der Waals surface area contributed by atoms with E-state index < -0.39 is 0 Å². The molecule has 0 atom stereocenters. The van der Waals surface area contributed by atoms with Gasteiger partial charge >= 0.3 is 0 Å². The zero-order valence-electron chi connectivity index (χ0n) is 15.5. The molecule has 0 aliphatic carbocycles. The van der Waals surface area contributed by atoms with E-state index in [0.29, 0.717) is 29.4 Å². The fourth-order valence-corrected chi connectivity index (χ4v) is 3.05. The first kappa shape index (κ1) is 17.7. The molecule has 0 saturated carbocycles. The molecule has 0 amide bonds. The molecule has 1 aromatic heterocycles. The normalized spacial score (nSPS) is 13.9. The van der Waals surface area contributed by atoms with Crippen LogP contribution in [0.25, 0.3) is 12.2 Å². The highest BCUT2D eigenvalue weighted by Crippen LogP contribution is 2.39. The maximum Gasteiger partial charge on any atom is 0.231 e. The fourth-order valence-electron chi connectivity index (χ4n) is 3.05. The molecule has 2 heterocycles. The van der Waals surface area contributed by atoms with E-state index in [2.05, 4.69) is 11.6 Å². The van der Waals surface area contributed by atoms with E-state index >= 15 is 0 Å². The first-order valence-electron chi connectivity index (χ1n) is 8.98. The van der Waals surface area contributed by atoms with Gasteiger partial charge in [0.1, 0.15) is 18.1 Å². The predicted molar refractivity (Wildman–Crippen MR) is 109 cm³/mol. The van der Waals surface area contributed by atoms with Crippen molar-refractivity contribution in [3.63, 3.8) is 0 Å². The molecule has 4 rings (SSSR count). The number of ether oxygens (including phenoxy) is 2. The molecule has 0 radical (unpaired) electrons. The smallest absolute Gasteiger partial charge is 0.231 e. The summed E-state index contributed by atoms with van der Waals surface area (Å²) in [4.78, 5) is 16.6. The quantitative estimate of drug-likeness (QED) is 0.578. The van der Waals surface area contributed by atoms with Gasteiger partial charge in [0.05, 0.1) is 5.56 Å². The highest BCUT2D eigenvalue weighted by molar-refractivity contribution is 6.14. The SMILES string of the molecule is C=Cc1ccc(COc2ccc3c(c2C)O/C(=C\c2ccncc2)C3=O)cc1. The molecule has 0 N–H and O–H groups in total. The van der Waals surface area contributed by atoms with E-state index in [1.807, 2.05) is 49.4 Å². The van der Waals surface area contributed by atoms with Gasteiger partial charge in [0.25, 0.3) is 0 Å². The van der Waals surface area contributed by atoms with Crippen LogP contribution >= 0.6 is 0 Å². The summed E-state index contributed by atoms with van der Waals surface area (Å²) < 4.78 is 11.8. The largest absolute Gasteiger partial charge is 0.488 e. The Hall–Kier alpha value is -3.66. The fraction of sp³-hybridized carbons (Fsp3) is 0.0833. The third-order valence-corrected chi connectivity index (χ3v) is 4.65. The second kappa shape index (κ2) is 7.53. The van der Waals surface area contributed by atoms with E-state index in [9.17, 15) is 4.79 Å². The van der Waals surface area contributed by atoms with Crippen LogP contribution in [0.3, 0.4) is 0 Å². The highest BCUT2D eigenvalue weighted by Gasteiger charge is 2.30. The lowest BCUT2D eigenvalue weighted by Gasteiger charge is -2.11. The van der Waals surface area contributed by atoms with Crippen molar-refractivity contribution in [3.8, 4) is 11.5 Å². The Morgan fingerprint density at radius 3 is 2.50 bits per heavy atom. The Morgan fingerprint density at radius 1 is 1.04 bits per heavy atom. The number of pyridine rings is 1. The van der Waals surface area contributed by atoms with Crippen molar-refractivity contribution in [1.29, 1.82) is 0 Å². The van der Waals surface area contributed by atoms with Crippen molar-refractivity contribution in [2.75, 3.05) is 0 Å². The Bertz CT molecular complexity index is 1070. The monoisotopic (exact) mass is 369 g/mol. The number of benzene rings is 2. The number of rotatable bonds is 5. The summed E-state index contributed by atoms with van der Waals surface area (Å²) in [5.41, 5.74) is 4.36. The summed E-state index contributed by atoms with van der Waals surface area (Å²) in [6.07, 6.45) is 6.89. The van der Waals surface area contributed by atoms with E-state index in [1.165, 1.54) is 0 Å². The lowest BCUT2D eigenvalue weighted by Crippen LogP contribution is -1.98. The summed E-state index contributed by atoms with van der Waals surface area (Å²) in [6, 6.07) is 15.2. The highest BCUT2D eigenvalue weighted by atomic mass is 16.5. The van der Waals surface area contributed by atoms with Crippen LogP contribution in [0.5, 0.6) is 11.5 Å². The van der Waals surface area contributed by atoms with Crippen molar-refractivity contribution >= 4 is 17.9 Å². The van der Waals surface area contributed by atoms with Crippen LogP contribution in [0.1, 0.15) is 32.6 Å². The van der Waals surface area contributed by atoms with Gasteiger partial charge in [-0.25, -0.2) is 0 Å². The molecule has 0 unspecified atom stereocenters. The van der Waals surface area contributed by atoms with E-state index in [-0.39, 0.29) is 5.78 Å². The minimum Gasteiger partial charge on any atom is -0.488 e. The summed E-state index contributed by atoms with van der Waals surface area (Å²) >= 11 is 0. The van der Waals surface area contributed by atoms with Gasteiger partial charge in [-0.3, -0.25) is 9.78 Å². The van der Waals surface area contributed by atoms with Gasteiger partial charge in [-0.2, -0.15) is 0 Å². The summed E-state index contributed by atoms with van der Waals surface area (Å²) in [5.74, 6) is 1.44. The minimum atomic E-state index is -0.124. The molecular weight excluding hydrogens is 350 g/mol. The van der Waals surface area contributed by atoms with Gasteiger partial charge in [0.2, 0.25) is 5.78 Å². The van der Waals surface area contributed by atoms with Gasteiger partial charge in [-0.05, 0) is 54.0 Å². The number of nitrogens with zero attached hydrogens (tertiary/aromatic N) is 1. The van der Waals surface area contributed by atoms with Crippen molar-refractivity contribution in [1.82, 2.24) is 4.98 Å². The molecule has 28 heavy (non-hydrogen) atoms. The number of fused-ring (bicyclic) bond motifs is 1. The Morgan fingerprint density at radius 2 is 1.79 bits per heavy atom. The van der Waals surface area contributed by atoms with Gasteiger partial charge in [-0.15, -0.1) is 0 Å². The molecule has 3 aromatic rings. The number of aromatic nitrogens is 1. The number of carbonyl (C=O) groups excluding carboxylic acids is 1. The van der Waals surface area contributed by atoms with Gasteiger partial charge in [0, 0.05) is 18.0 Å². The van der Waals surface area contributed by atoms with Crippen molar-refractivity contribution in [3.05, 3.63) is 101 Å². The van der Waals surface area contributed by atoms with Crippen molar-refractivity contribution < 1.29 is 14.3 Å². The standard InChI is InChI=1S/C24H19NO3/c1-3-17-4-6-19(7-5-17)15-27-21-9-8-20-23(26)22(28-24(20)16(21)2)14-18-10-12-25-13-11-18/h3-14H,1,15H2,2H3/b22-14-. The molecular formula is C24H19NO3. The van der Waals surface area contributed by atoms with Crippen LogP contribution in [-0.4, -0.2) is 10.8 Å². The molecule has 4 nitrogen and oxygen atoms in total. The van der Waals surface area contributed by atoms with E-state index in [1.54, 1.807) is 30.6 Å². The molecule has 0 bridgehead atoms. The Labute approximate surface area is 163 Å². The minimum absolute atomic E-state index is 0.124. The topological polar surface area (TPSA) is 48.4 Å². The number of hydrogen-bond donors (Lipinski definition) is 0. The number of ketones is 1. The number of allylic oxidation sites excluding steroid dienone is 1. The van der Waals surface area contributed by atoms with Crippen LogP contribution in [0, 0.1) is 6.92 Å². The summed E-state index contributed by atoms with van der Waals surface area (Å²) in [5, 5.41) is 0. The molecule has 0 spiro atoms. The molecule has 0 saturated heterocycles. The average Bonchev–Trinajstić information content (AvgIpc) is 3.05. The van der Waals surface area contributed by atoms with Crippen molar-refractivity contribution in [2.24, 2.45) is 0 Å².